The van der Waals surface area contributed by atoms with Crippen LogP contribution in [0.2, 0.25) is 5.02 Å². The van der Waals surface area contributed by atoms with E-state index in [1.165, 1.54) is 0 Å². The van der Waals surface area contributed by atoms with Crippen LogP contribution in [-0.2, 0) is 9.59 Å². The van der Waals surface area contributed by atoms with Gasteiger partial charge in [-0.15, -0.1) is 0 Å². The maximum Gasteiger partial charge on any atom is 0.227 e. The van der Waals surface area contributed by atoms with Gasteiger partial charge in [-0.1, -0.05) is 67.8 Å². The maximum absolute atomic E-state index is 14.0. The highest BCUT2D eigenvalue weighted by atomic mass is 35.5. The third kappa shape index (κ3) is 5.21. The van der Waals surface area contributed by atoms with Crippen molar-refractivity contribution < 1.29 is 14.3 Å². The lowest BCUT2D eigenvalue weighted by molar-refractivity contribution is -0.119. The molecule has 0 saturated heterocycles. The molecule has 2 aliphatic rings. The number of nitrogens with zero attached hydrogens (tertiary/aromatic N) is 1. The predicted molar refractivity (Wildman–Crippen MR) is 153 cm³/mol. The smallest absolute Gasteiger partial charge is 0.227 e. The summed E-state index contributed by atoms with van der Waals surface area (Å²) in [5.41, 5.74) is 5.14. The summed E-state index contributed by atoms with van der Waals surface area (Å²) in [6.45, 7) is 2.13. The van der Waals surface area contributed by atoms with Gasteiger partial charge in [-0.05, 0) is 66.3 Å². The summed E-state index contributed by atoms with van der Waals surface area (Å²) in [7, 11) is 1.65. The number of fused-ring (bicyclic) bond motifs is 1. The highest BCUT2D eigenvalue weighted by Crippen LogP contribution is 2.47. The van der Waals surface area contributed by atoms with Gasteiger partial charge < -0.3 is 10.1 Å². The maximum atomic E-state index is 14.0. The van der Waals surface area contributed by atoms with Crippen LogP contribution >= 0.6 is 11.6 Å². The van der Waals surface area contributed by atoms with Crippen LogP contribution in [0.25, 0.3) is 0 Å². The topological polar surface area (TPSA) is 58.6 Å². The first kappa shape index (κ1) is 26.1. The Bertz CT molecular complexity index is 1350. The summed E-state index contributed by atoms with van der Waals surface area (Å²) < 4.78 is 5.32. The summed E-state index contributed by atoms with van der Waals surface area (Å²) in [4.78, 5) is 29.8. The summed E-state index contributed by atoms with van der Waals surface area (Å²) in [5, 5.41) is 4.21. The minimum atomic E-state index is -0.531. The Labute approximate surface area is 229 Å². The van der Waals surface area contributed by atoms with Gasteiger partial charge in [0.25, 0.3) is 0 Å². The number of nitrogens with one attached hydrogen (secondary N) is 1. The third-order valence-electron chi connectivity index (χ3n) is 7.52. The van der Waals surface area contributed by atoms with E-state index in [4.69, 9.17) is 16.3 Å². The fraction of sp³-hybridized carbons (Fsp3) is 0.312. The van der Waals surface area contributed by atoms with E-state index < -0.39 is 6.04 Å². The zero-order valence-corrected chi connectivity index (χ0v) is 22.6. The van der Waals surface area contributed by atoms with Crippen LogP contribution in [-0.4, -0.2) is 18.8 Å². The molecule has 2 atom stereocenters. The zero-order valence-electron chi connectivity index (χ0n) is 21.9. The lowest BCUT2D eigenvalue weighted by Gasteiger charge is -2.35. The Morgan fingerprint density at radius 2 is 1.68 bits per heavy atom. The number of rotatable bonds is 7. The first-order valence-corrected chi connectivity index (χ1v) is 13.7. The third-order valence-corrected chi connectivity index (χ3v) is 7.78. The molecule has 1 N–H and O–H groups in total. The summed E-state index contributed by atoms with van der Waals surface area (Å²) in [5.74, 6) is 0.895. The number of hydrogen-bond donors (Lipinski definition) is 1. The number of unbranched alkanes of at least 4 members (excludes halogenated alkanes) is 2. The molecule has 6 heteroatoms. The lowest BCUT2D eigenvalue weighted by atomic mass is 9.78. The van der Waals surface area contributed by atoms with E-state index in [1.807, 2.05) is 77.7 Å². The van der Waals surface area contributed by atoms with Crippen molar-refractivity contribution in [1.29, 1.82) is 0 Å². The van der Waals surface area contributed by atoms with E-state index in [0.717, 1.165) is 53.2 Å². The zero-order chi connectivity index (χ0) is 26.6. The Balaban J connectivity index is 1.63. The number of Topliss-reactive ketones (excluding diaryl/α,β-unsaturated/α-hetero) is 1. The van der Waals surface area contributed by atoms with Crippen molar-refractivity contribution in [2.75, 3.05) is 17.3 Å². The number of anilines is 2. The number of ether oxygens (including phenoxy) is 1. The van der Waals surface area contributed by atoms with Crippen molar-refractivity contribution >= 4 is 34.7 Å². The van der Waals surface area contributed by atoms with Gasteiger partial charge in [0, 0.05) is 29.1 Å². The molecule has 38 heavy (non-hydrogen) atoms. The molecular weight excluding hydrogens is 496 g/mol. The molecule has 3 aromatic rings. The largest absolute Gasteiger partial charge is 0.497 e. The SMILES string of the molecule is CCCCCC(=O)N1c2ccccc2NC2=C(C(=O)CC(c3ccc(OC)cc3)C2)C1c1ccc(Cl)cc1. The number of ketones is 1. The van der Waals surface area contributed by atoms with Gasteiger partial charge in [-0.2, -0.15) is 0 Å². The van der Waals surface area contributed by atoms with Crippen LogP contribution in [0.15, 0.2) is 84.1 Å². The van der Waals surface area contributed by atoms with E-state index in [9.17, 15) is 9.59 Å². The number of methoxy groups -OCH3 is 1. The average Bonchev–Trinajstić information content (AvgIpc) is 3.08. The first-order chi connectivity index (χ1) is 18.5. The van der Waals surface area contributed by atoms with Gasteiger partial charge in [0.15, 0.2) is 5.78 Å². The van der Waals surface area contributed by atoms with Crippen molar-refractivity contribution in [2.24, 2.45) is 0 Å². The molecule has 0 aromatic heterocycles. The van der Waals surface area contributed by atoms with Gasteiger partial charge >= 0.3 is 0 Å². The number of carbonyl (C=O) groups excluding carboxylic acids is 2. The fourth-order valence-electron chi connectivity index (χ4n) is 5.58. The molecule has 1 aliphatic carbocycles. The minimum absolute atomic E-state index is 0.0199. The van der Waals surface area contributed by atoms with Gasteiger partial charge in [-0.3, -0.25) is 14.5 Å². The highest BCUT2D eigenvalue weighted by Gasteiger charge is 2.41. The molecule has 2 unspecified atom stereocenters. The predicted octanol–water partition coefficient (Wildman–Crippen LogP) is 7.83. The normalized spacial score (nSPS) is 18.8. The van der Waals surface area contributed by atoms with E-state index in [-0.39, 0.29) is 17.6 Å². The second kappa shape index (κ2) is 11.4. The Morgan fingerprint density at radius 1 is 0.974 bits per heavy atom. The first-order valence-electron chi connectivity index (χ1n) is 13.3. The molecular formula is C32H33ClN2O3. The van der Waals surface area contributed by atoms with Crippen LogP contribution in [0.3, 0.4) is 0 Å². The second-order valence-electron chi connectivity index (χ2n) is 10.0. The monoisotopic (exact) mass is 528 g/mol. The molecule has 0 bridgehead atoms. The van der Waals surface area contributed by atoms with Crippen LogP contribution in [0.1, 0.15) is 68.5 Å². The molecule has 1 aliphatic heterocycles. The van der Waals surface area contributed by atoms with Crippen LogP contribution in [0.5, 0.6) is 5.75 Å². The second-order valence-corrected chi connectivity index (χ2v) is 10.4. The van der Waals surface area contributed by atoms with Crippen molar-refractivity contribution in [3.05, 3.63) is 100 Å². The van der Waals surface area contributed by atoms with E-state index >= 15 is 0 Å². The molecule has 196 valence electrons. The fourth-order valence-corrected chi connectivity index (χ4v) is 5.71. The van der Waals surface area contributed by atoms with E-state index in [2.05, 4.69) is 12.2 Å². The molecule has 1 amide bonds. The lowest BCUT2D eigenvalue weighted by Crippen LogP contribution is -2.38. The number of halogens is 1. The Hall–Kier alpha value is -3.57. The standard InChI is InChI=1S/C32H33ClN2O3/c1-3-4-5-10-30(37)35-28-9-7-6-8-26(28)34-27-19-23(21-13-17-25(38-2)18-14-21)20-29(36)31(27)32(35)22-11-15-24(33)16-12-22/h6-9,11-18,23,32,34H,3-5,10,19-20H2,1-2H3. The van der Waals surface area contributed by atoms with Crippen molar-refractivity contribution in [3.8, 4) is 5.75 Å². The Morgan fingerprint density at radius 3 is 2.39 bits per heavy atom. The molecule has 1 heterocycles. The number of para-hydroxylation sites is 2. The summed E-state index contributed by atoms with van der Waals surface area (Å²) >= 11 is 6.24. The minimum Gasteiger partial charge on any atom is -0.497 e. The van der Waals surface area contributed by atoms with Crippen molar-refractivity contribution in [2.45, 2.75) is 57.4 Å². The highest BCUT2D eigenvalue weighted by molar-refractivity contribution is 6.30. The van der Waals surface area contributed by atoms with Crippen LogP contribution in [0, 0.1) is 0 Å². The van der Waals surface area contributed by atoms with Gasteiger partial charge in [0.05, 0.1) is 24.5 Å². The number of amides is 1. The van der Waals surface area contributed by atoms with Gasteiger partial charge in [0.2, 0.25) is 5.91 Å². The summed E-state index contributed by atoms with van der Waals surface area (Å²) in [6.07, 6.45) is 4.31. The van der Waals surface area contributed by atoms with Crippen LogP contribution in [0.4, 0.5) is 11.4 Å². The molecule has 5 rings (SSSR count). The molecule has 3 aromatic carbocycles. The number of hydrogen-bond acceptors (Lipinski definition) is 4. The number of allylic oxidation sites excluding steroid dienone is 1. The van der Waals surface area contributed by atoms with Crippen molar-refractivity contribution in [1.82, 2.24) is 0 Å². The van der Waals surface area contributed by atoms with Crippen LogP contribution < -0.4 is 15.0 Å². The van der Waals surface area contributed by atoms with Gasteiger partial charge in [0.1, 0.15) is 5.75 Å². The molecule has 0 spiro atoms. The molecule has 0 fully saturated rings. The molecule has 0 saturated carbocycles. The molecule has 5 nitrogen and oxygen atoms in total. The van der Waals surface area contributed by atoms with E-state index in [1.54, 1.807) is 7.11 Å². The molecule has 0 radical (unpaired) electrons. The number of benzene rings is 3. The number of carbonyl (C=O) groups is 2. The van der Waals surface area contributed by atoms with Crippen molar-refractivity contribution in [3.63, 3.8) is 0 Å². The average molecular weight is 529 g/mol. The van der Waals surface area contributed by atoms with Gasteiger partial charge in [-0.25, -0.2) is 0 Å². The van der Waals surface area contributed by atoms with E-state index in [0.29, 0.717) is 29.9 Å². The summed E-state index contributed by atoms with van der Waals surface area (Å²) in [6, 6.07) is 22.8. The Kier molecular flexibility index (Phi) is 7.85. The quantitative estimate of drug-likeness (QED) is 0.317.